The number of hydrogen-bond acceptors (Lipinski definition) is 6. The van der Waals surface area contributed by atoms with Gasteiger partial charge in [0, 0.05) is 23.8 Å². The number of hydrogen-bond donors (Lipinski definition) is 1. The van der Waals surface area contributed by atoms with Gasteiger partial charge in [-0.15, -0.1) is 0 Å². The molecule has 4 aromatic rings. The molecule has 7 heteroatoms. The molecule has 0 saturated heterocycles. The van der Waals surface area contributed by atoms with Crippen LogP contribution >= 0.6 is 11.6 Å². The normalized spacial score (nSPS) is 11.9. The monoisotopic (exact) mass is 420 g/mol. The van der Waals surface area contributed by atoms with Gasteiger partial charge in [-0.2, -0.15) is 4.98 Å². The molecule has 1 N–H and O–H groups in total. The highest BCUT2D eigenvalue weighted by Gasteiger charge is 2.26. The number of anilines is 1. The summed E-state index contributed by atoms with van der Waals surface area (Å²) in [6.07, 6.45) is 1.04. The first-order chi connectivity index (χ1) is 14.6. The van der Waals surface area contributed by atoms with Gasteiger partial charge in [0.05, 0.1) is 5.56 Å². The summed E-state index contributed by atoms with van der Waals surface area (Å²) in [7, 11) is 1.79. The van der Waals surface area contributed by atoms with E-state index in [-0.39, 0.29) is 0 Å². The summed E-state index contributed by atoms with van der Waals surface area (Å²) in [4.78, 5) is 8.90. The smallest absolute Gasteiger partial charge is 0.272 e. The van der Waals surface area contributed by atoms with E-state index >= 15 is 0 Å². The summed E-state index contributed by atoms with van der Waals surface area (Å²) in [5.74, 6) is 2.08. The van der Waals surface area contributed by atoms with Crippen molar-refractivity contribution >= 4 is 17.4 Å². The van der Waals surface area contributed by atoms with Gasteiger partial charge in [-0.05, 0) is 55.3 Å². The van der Waals surface area contributed by atoms with Crippen molar-refractivity contribution in [1.82, 2.24) is 15.1 Å². The minimum absolute atomic E-state index is 0.308. The molecule has 2 aromatic carbocycles. The number of benzene rings is 2. The van der Waals surface area contributed by atoms with Crippen LogP contribution in [0.1, 0.15) is 28.7 Å². The van der Waals surface area contributed by atoms with Crippen molar-refractivity contribution in [2.24, 2.45) is 0 Å². The fraction of sp³-hybridized carbons (Fsp3) is 0.174. The van der Waals surface area contributed by atoms with Gasteiger partial charge in [-0.3, -0.25) is 0 Å². The van der Waals surface area contributed by atoms with E-state index in [9.17, 15) is 0 Å². The highest BCUT2D eigenvalue weighted by molar-refractivity contribution is 6.31. The molecule has 0 amide bonds. The third-order valence-electron chi connectivity index (χ3n) is 4.87. The van der Waals surface area contributed by atoms with Crippen LogP contribution in [0.3, 0.4) is 0 Å². The largest absolute Gasteiger partial charge is 0.476 e. The fourth-order valence-corrected chi connectivity index (χ4v) is 3.33. The molecule has 0 saturated carbocycles. The van der Waals surface area contributed by atoms with E-state index in [4.69, 9.17) is 20.9 Å². The Kier molecular flexibility index (Phi) is 5.68. The van der Waals surface area contributed by atoms with Crippen molar-refractivity contribution in [2.45, 2.75) is 20.0 Å². The molecule has 1 unspecified atom stereocenters. The molecule has 30 heavy (non-hydrogen) atoms. The molecule has 0 aliphatic heterocycles. The van der Waals surface area contributed by atoms with Crippen LogP contribution < -0.4 is 10.1 Å². The zero-order valence-electron chi connectivity index (χ0n) is 16.9. The zero-order chi connectivity index (χ0) is 21.1. The van der Waals surface area contributed by atoms with Crippen LogP contribution in [0.2, 0.25) is 5.02 Å². The van der Waals surface area contributed by atoms with Crippen LogP contribution in [-0.4, -0.2) is 22.2 Å². The van der Waals surface area contributed by atoms with E-state index < -0.39 is 6.10 Å². The van der Waals surface area contributed by atoms with Crippen LogP contribution in [0.5, 0.6) is 5.75 Å². The molecular weight excluding hydrogens is 400 g/mol. The molecule has 6 nitrogen and oxygen atoms in total. The lowest BCUT2D eigenvalue weighted by molar-refractivity contribution is 0.193. The molecule has 0 spiro atoms. The summed E-state index contributed by atoms with van der Waals surface area (Å²) in [6.45, 7) is 4.10. The van der Waals surface area contributed by atoms with Gasteiger partial charge < -0.3 is 14.6 Å². The lowest BCUT2D eigenvalue weighted by Crippen LogP contribution is -2.11. The number of rotatable bonds is 6. The number of pyridine rings is 1. The summed E-state index contributed by atoms with van der Waals surface area (Å²) in [6, 6.07) is 17.1. The Morgan fingerprint density at radius 3 is 2.63 bits per heavy atom. The number of nitrogens with one attached hydrogen (secondary N) is 1. The number of aromatic nitrogens is 3. The quantitative estimate of drug-likeness (QED) is 0.437. The topological polar surface area (TPSA) is 73.1 Å². The highest BCUT2D eigenvalue weighted by Crippen LogP contribution is 2.34. The van der Waals surface area contributed by atoms with Crippen molar-refractivity contribution < 1.29 is 9.26 Å². The van der Waals surface area contributed by atoms with Crippen molar-refractivity contribution in [2.75, 3.05) is 12.4 Å². The first-order valence-corrected chi connectivity index (χ1v) is 9.89. The second kappa shape index (κ2) is 8.55. The zero-order valence-corrected chi connectivity index (χ0v) is 17.6. The minimum atomic E-state index is -0.656. The molecule has 0 aliphatic carbocycles. The van der Waals surface area contributed by atoms with Crippen molar-refractivity contribution in [3.63, 3.8) is 0 Å². The number of halogens is 1. The third-order valence-corrected chi connectivity index (χ3v) is 5.22. The van der Waals surface area contributed by atoms with Crippen molar-refractivity contribution in [3.8, 4) is 17.1 Å². The van der Waals surface area contributed by atoms with Gasteiger partial charge in [0.15, 0.2) is 0 Å². The molecule has 0 fully saturated rings. The summed E-state index contributed by atoms with van der Waals surface area (Å²) < 4.78 is 11.9. The van der Waals surface area contributed by atoms with Crippen LogP contribution in [-0.2, 0) is 0 Å². The Balaban J connectivity index is 1.76. The average Bonchev–Trinajstić information content (AvgIpc) is 3.25. The molecule has 0 radical (unpaired) electrons. The van der Waals surface area contributed by atoms with Crippen LogP contribution in [0.25, 0.3) is 11.4 Å². The maximum absolute atomic E-state index is 6.47. The second-order valence-electron chi connectivity index (χ2n) is 6.87. The SMILES string of the molecule is CNc1ncccc1-c1noc(C(Oc2ccc(C)c(C)c2)c2ccccc2Cl)n1. The van der Waals surface area contributed by atoms with Gasteiger partial charge in [0.1, 0.15) is 11.6 Å². The first kappa shape index (κ1) is 19.9. The van der Waals surface area contributed by atoms with Crippen molar-refractivity contribution in [1.29, 1.82) is 0 Å². The number of ether oxygens (including phenoxy) is 1. The molecule has 4 rings (SSSR count). The molecule has 2 heterocycles. The second-order valence-corrected chi connectivity index (χ2v) is 7.28. The molecule has 152 valence electrons. The van der Waals surface area contributed by atoms with Crippen LogP contribution in [0, 0.1) is 13.8 Å². The van der Waals surface area contributed by atoms with Crippen molar-refractivity contribution in [3.05, 3.63) is 88.4 Å². The predicted octanol–water partition coefficient (Wildman–Crippen LogP) is 5.61. The van der Waals surface area contributed by atoms with Gasteiger partial charge >= 0.3 is 0 Å². The molecule has 0 aliphatic rings. The van der Waals surface area contributed by atoms with E-state index in [0.29, 0.717) is 28.3 Å². The third kappa shape index (κ3) is 4.00. The Morgan fingerprint density at radius 1 is 1.03 bits per heavy atom. The fourth-order valence-electron chi connectivity index (χ4n) is 3.09. The van der Waals surface area contributed by atoms with Gasteiger partial charge in [-0.25, -0.2) is 4.98 Å². The number of aryl methyl sites for hydroxylation is 2. The van der Waals surface area contributed by atoms with Crippen LogP contribution in [0.15, 0.2) is 65.3 Å². The maximum atomic E-state index is 6.47. The molecular formula is C23H21ClN4O2. The Bertz CT molecular complexity index is 1180. The lowest BCUT2D eigenvalue weighted by Gasteiger charge is -2.18. The minimum Gasteiger partial charge on any atom is -0.476 e. The Labute approximate surface area is 179 Å². The Morgan fingerprint density at radius 2 is 1.87 bits per heavy atom. The standard InChI is InChI=1S/C23H21ClN4O2/c1-14-10-11-16(13-15(14)2)29-20(17-7-4-5-9-19(17)24)23-27-22(28-30-23)18-8-6-12-26-21(18)25-3/h4-13,20H,1-3H3,(H,25,26). The van der Waals surface area contributed by atoms with Gasteiger partial charge in [0.2, 0.25) is 11.9 Å². The van der Waals surface area contributed by atoms with E-state index in [1.807, 2.05) is 61.5 Å². The predicted molar refractivity (Wildman–Crippen MR) is 117 cm³/mol. The van der Waals surface area contributed by atoms with Crippen LogP contribution in [0.4, 0.5) is 5.82 Å². The van der Waals surface area contributed by atoms with Gasteiger partial charge in [-0.1, -0.05) is 41.0 Å². The Hall–Kier alpha value is -3.38. The molecule has 0 bridgehead atoms. The molecule has 2 aromatic heterocycles. The lowest BCUT2D eigenvalue weighted by atomic mass is 10.1. The summed E-state index contributed by atoms with van der Waals surface area (Å²) >= 11 is 6.47. The van der Waals surface area contributed by atoms with E-state index in [1.165, 1.54) is 5.56 Å². The number of nitrogens with zero attached hydrogens (tertiary/aromatic N) is 3. The van der Waals surface area contributed by atoms with E-state index in [0.717, 1.165) is 16.7 Å². The molecule has 1 atom stereocenters. The van der Waals surface area contributed by atoms with E-state index in [1.54, 1.807) is 13.2 Å². The summed E-state index contributed by atoms with van der Waals surface area (Å²) in [5, 5.41) is 7.75. The highest BCUT2D eigenvalue weighted by atomic mass is 35.5. The first-order valence-electron chi connectivity index (χ1n) is 9.52. The maximum Gasteiger partial charge on any atom is 0.272 e. The van der Waals surface area contributed by atoms with E-state index in [2.05, 4.69) is 27.4 Å². The van der Waals surface area contributed by atoms with Gasteiger partial charge in [0.25, 0.3) is 5.89 Å². The summed E-state index contributed by atoms with van der Waals surface area (Å²) in [5.41, 5.74) is 3.80. The average molecular weight is 421 g/mol.